The highest BCUT2D eigenvalue weighted by Gasteiger charge is 2.43. The van der Waals surface area contributed by atoms with E-state index in [1.165, 1.54) is 6.07 Å². The number of carboxylic acids is 1. The van der Waals surface area contributed by atoms with Crippen LogP contribution in [0.4, 0.5) is 11.5 Å². The number of carbonyl (C=O) groups excluding carboxylic acids is 1. The minimum absolute atomic E-state index is 0.0338. The van der Waals surface area contributed by atoms with E-state index in [0.717, 1.165) is 37.3 Å². The number of nitriles is 1. The molecule has 3 fully saturated rings. The van der Waals surface area contributed by atoms with E-state index in [0.29, 0.717) is 31.1 Å². The fourth-order valence-corrected chi connectivity index (χ4v) is 5.87. The molecule has 3 saturated heterocycles. The molecule has 3 aromatic heterocycles. The van der Waals surface area contributed by atoms with Gasteiger partial charge in [-0.15, -0.1) is 5.10 Å². The highest BCUT2D eigenvalue weighted by Crippen LogP contribution is 2.35. The maximum absolute atomic E-state index is 13.3. The minimum Gasteiger partial charge on any atom is -0.477 e. The van der Waals surface area contributed by atoms with Crippen LogP contribution in [0.3, 0.4) is 0 Å². The fourth-order valence-electron chi connectivity index (χ4n) is 5.87. The summed E-state index contributed by atoms with van der Waals surface area (Å²) in [5, 5.41) is 23.2. The molecule has 6 heterocycles. The summed E-state index contributed by atoms with van der Waals surface area (Å²) in [7, 11) is 0. The van der Waals surface area contributed by atoms with Gasteiger partial charge in [-0.3, -0.25) is 4.79 Å². The summed E-state index contributed by atoms with van der Waals surface area (Å²) in [6.07, 6.45) is 2.71. The Hall–Kier alpha value is -4.20. The quantitative estimate of drug-likeness (QED) is 0.572. The van der Waals surface area contributed by atoms with E-state index in [1.54, 1.807) is 10.6 Å². The van der Waals surface area contributed by atoms with Crippen molar-refractivity contribution in [3.63, 3.8) is 0 Å². The number of fused-ring (bicyclic) bond motifs is 2. The highest BCUT2D eigenvalue weighted by atomic mass is 16.4. The molecule has 0 aromatic carbocycles. The molecule has 3 atom stereocenters. The zero-order valence-corrected chi connectivity index (χ0v) is 20.8. The van der Waals surface area contributed by atoms with Crippen molar-refractivity contribution in [2.75, 3.05) is 49.1 Å². The number of carboxylic acid groups (broad SMARTS) is 1. The third-order valence-corrected chi connectivity index (χ3v) is 7.95. The van der Waals surface area contributed by atoms with Gasteiger partial charge in [0.05, 0.1) is 23.4 Å². The lowest BCUT2D eigenvalue weighted by molar-refractivity contribution is 0.0689. The van der Waals surface area contributed by atoms with Crippen LogP contribution in [0.15, 0.2) is 30.5 Å². The Bertz CT molecular complexity index is 1450. The molecule has 6 rings (SSSR count). The molecule has 0 spiro atoms. The number of anilines is 2. The van der Waals surface area contributed by atoms with Crippen molar-refractivity contribution in [1.29, 1.82) is 5.26 Å². The number of aromatic carboxylic acids is 1. The summed E-state index contributed by atoms with van der Waals surface area (Å²) in [5.74, 6) is 0.212. The first-order chi connectivity index (χ1) is 17.7. The van der Waals surface area contributed by atoms with Gasteiger partial charge in [-0.25, -0.2) is 19.3 Å². The molecule has 11 nitrogen and oxygen atoms in total. The second kappa shape index (κ2) is 8.44. The van der Waals surface area contributed by atoms with E-state index in [1.807, 2.05) is 37.1 Å². The SMILES string of the molecule is Cc1cc(N2CCC(C)(C#N)C2)cn2nc(C(=O)N3CC4CN(c5cccc(C(=O)O)n5)CC4C3)nc12. The second-order valence-corrected chi connectivity index (χ2v) is 10.8. The molecule has 1 amide bonds. The van der Waals surface area contributed by atoms with Crippen LogP contribution < -0.4 is 9.80 Å². The van der Waals surface area contributed by atoms with Crippen LogP contribution in [-0.4, -0.2) is 80.7 Å². The van der Waals surface area contributed by atoms with Crippen molar-refractivity contribution in [3.05, 3.63) is 47.5 Å². The predicted octanol–water partition coefficient (Wildman–Crippen LogP) is 2.08. The van der Waals surface area contributed by atoms with Gasteiger partial charge >= 0.3 is 5.97 Å². The molecule has 1 N–H and O–H groups in total. The molecule has 0 radical (unpaired) electrons. The third kappa shape index (κ3) is 4.02. The topological polar surface area (TPSA) is 131 Å². The van der Waals surface area contributed by atoms with Crippen molar-refractivity contribution < 1.29 is 14.7 Å². The lowest BCUT2D eigenvalue weighted by Crippen LogP contribution is -2.34. The number of carbonyl (C=O) groups is 2. The number of likely N-dealkylation sites (tertiary alicyclic amines) is 1. The summed E-state index contributed by atoms with van der Waals surface area (Å²) in [6.45, 7) is 8.09. The summed E-state index contributed by atoms with van der Waals surface area (Å²) in [6, 6.07) is 9.50. The summed E-state index contributed by atoms with van der Waals surface area (Å²) in [5.41, 5.74) is 2.24. The Morgan fingerprint density at radius 1 is 1.14 bits per heavy atom. The predicted molar refractivity (Wildman–Crippen MR) is 135 cm³/mol. The highest BCUT2D eigenvalue weighted by molar-refractivity contribution is 5.91. The molecule has 3 aromatic rings. The lowest BCUT2D eigenvalue weighted by Gasteiger charge is -2.22. The first kappa shape index (κ1) is 23.2. The Morgan fingerprint density at radius 2 is 1.89 bits per heavy atom. The van der Waals surface area contributed by atoms with Crippen LogP contribution in [0.2, 0.25) is 0 Å². The van der Waals surface area contributed by atoms with Crippen molar-refractivity contribution in [2.45, 2.75) is 20.3 Å². The zero-order chi connectivity index (χ0) is 25.9. The van der Waals surface area contributed by atoms with Crippen LogP contribution in [0.1, 0.15) is 40.0 Å². The summed E-state index contributed by atoms with van der Waals surface area (Å²) < 4.78 is 1.68. The van der Waals surface area contributed by atoms with Crippen LogP contribution in [0.25, 0.3) is 5.65 Å². The molecule has 0 saturated carbocycles. The first-order valence-corrected chi connectivity index (χ1v) is 12.5. The van der Waals surface area contributed by atoms with E-state index in [2.05, 4.69) is 30.9 Å². The van der Waals surface area contributed by atoms with Gasteiger partial charge in [0.15, 0.2) is 11.3 Å². The first-order valence-electron chi connectivity index (χ1n) is 12.5. The van der Waals surface area contributed by atoms with E-state index >= 15 is 0 Å². The van der Waals surface area contributed by atoms with Crippen molar-refractivity contribution >= 4 is 29.0 Å². The number of rotatable bonds is 4. The van der Waals surface area contributed by atoms with E-state index < -0.39 is 5.97 Å². The van der Waals surface area contributed by atoms with Crippen molar-refractivity contribution in [2.24, 2.45) is 17.3 Å². The number of pyridine rings is 2. The number of hydrogen-bond donors (Lipinski definition) is 1. The Kier molecular flexibility index (Phi) is 5.29. The van der Waals surface area contributed by atoms with Crippen molar-refractivity contribution in [3.8, 4) is 6.07 Å². The van der Waals surface area contributed by atoms with E-state index in [9.17, 15) is 20.0 Å². The van der Waals surface area contributed by atoms with Gasteiger partial charge in [0.2, 0.25) is 5.82 Å². The molecule has 3 aliphatic heterocycles. The lowest BCUT2D eigenvalue weighted by atomic mass is 9.92. The maximum atomic E-state index is 13.3. The number of amides is 1. The smallest absolute Gasteiger partial charge is 0.354 e. The van der Waals surface area contributed by atoms with Crippen LogP contribution >= 0.6 is 0 Å². The maximum Gasteiger partial charge on any atom is 0.354 e. The van der Waals surface area contributed by atoms with Crippen molar-refractivity contribution in [1.82, 2.24) is 24.5 Å². The molecule has 3 unspecified atom stereocenters. The molecule has 0 aliphatic carbocycles. The van der Waals surface area contributed by atoms with Gasteiger partial charge in [-0.2, -0.15) is 5.26 Å². The molecule has 3 aliphatic rings. The Labute approximate surface area is 213 Å². The minimum atomic E-state index is -1.04. The van der Waals surface area contributed by atoms with E-state index in [-0.39, 0.29) is 34.7 Å². The van der Waals surface area contributed by atoms with Gasteiger partial charge in [0.1, 0.15) is 5.82 Å². The van der Waals surface area contributed by atoms with Crippen LogP contribution in [-0.2, 0) is 0 Å². The van der Waals surface area contributed by atoms with Gasteiger partial charge in [-0.1, -0.05) is 6.07 Å². The largest absolute Gasteiger partial charge is 0.477 e. The number of nitrogens with zero attached hydrogens (tertiary/aromatic N) is 8. The number of aryl methyl sites for hydroxylation is 1. The second-order valence-electron chi connectivity index (χ2n) is 10.8. The zero-order valence-electron chi connectivity index (χ0n) is 20.8. The average Bonchev–Trinajstić information content (AvgIpc) is 3.66. The van der Waals surface area contributed by atoms with Gasteiger partial charge in [0.25, 0.3) is 5.91 Å². The average molecular weight is 501 g/mol. The monoisotopic (exact) mass is 500 g/mol. The fraction of sp³-hybridized carbons (Fsp3) is 0.462. The molecule has 37 heavy (non-hydrogen) atoms. The van der Waals surface area contributed by atoms with Gasteiger partial charge in [-0.05, 0) is 44.0 Å². The van der Waals surface area contributed by atoms with Gasteiger partial charge < -0.3 is 19.8 Å². The molecular formula is C26H28N8O3. The molecular weight excluding hydrogens is 472 g/mol. The number of hydrogen-bond acceptors (Lipinski definition) is 8. The number of aromatic nitrogens is 4. The summed E-state index contributed by atoms with van der Waals surface area (Å²) >= 11 is 0. The van der Waals surface area contributed by atoms with Gasteiger partial charge in [0, 0.05) is 51.1 Å². The Morgan fingerprint density at radius 3 is 2.57 bits per heavy atom. The van der Waals surface area contributed by atoms with E-state index in [4.69, 9.17) is 0 Å². The van der Waals surface area contributed by atoms with Crippen LogP contribution in [0, 0.1) is 35.5 Å². The standard InChI is InChI=1S/C26H28N8O3/c1-16-8-19(31-7-6-26(2,14-27)15-31)13-34-23(16)29-22(30-34)24(35)33-11-17-9-32(10-18(17)12-33)21-5-3-4-20(28-21)25(36)37/h3-5,8,13,17-18H,6-7,9-12,15H2,1-2H3,(H,36,37). The summed E-state index contributed by atoms with van der Waals surface area (Å²) in [4.78, 5) is 39.6. The van der Waals surface area contributed by atoms with Crippen LogP contribution in [0.5, 0.6) is 0 Å². The molecule has 0 bridgehead atoms. The third-order valence-electron chi connectivity index (χ3n) is 7.95. The molecule has 11 heteroatoms. The Balaban J connectivity index is 1.16. The normalized spacial score (nSPS) is 25.1. The molecule has 190 valence electrons.